The number of hydrogen-bond acceptors (Lipinski definition) is 0. The van der Waals surface area contributed by atoms with Gasteiger partial charge in [-0.05, 0) is 54.4 Å². The molecule has 0 heterocycles. The summed E-state index contributed by atoms with van der Waals surface area (Å²) in [6.45, 7) is 8.57. The zero-order valence-electron chi connectivity index (χ0n) is 13.2. The summed E-state index contributed by atoms with van der Waals surface area (Å²) in [5, 5.41) is 0. The normalized spacial score (nSPS) is 20.8. The van der Waals surface area contributed by atoms with Gasteiger partial charge in [0.05, 0.1) is 0 Å². The molecular formula is C20H26. The Labute approximate surface area is 123 Å². The van der Waals surface area contributed by atoms with Gasteiger partial charge in [-0.2, -0.15) is 0 Å². The van der Waals surface area contributed by atoms with E-state index < -0.39 is 0 Å². The fourth-order valence-electron chi connectivity index (χ4n) is 2.99. The van der Waals surface area contributed by atoms with Crippen LogP contribution in [0.4, 0.5) is 0 Å². The van der Waals surface area contributed by atoms with Crippen molar-refractivity contribution < 1.29 is 0 Å². The van der Waals surface area contributed by atoms with E-state index in [0.717, 1.165) is 6.42 Å². The number of allylic oxidation sites excluding steroid dienone is 6. The first-order chi connectivity index (χ1) is 9.75. The molecule has 1 aromatic carbocycles. The molecule has 0 radical (unpaired) electrons. The lowest BCUT2D eigenvalue weighted by atomic mass is 9.92. The maximum absolute atomic E-state index is 2.43. The fraction of sp³-hybridized carbons (Fsp3) is 0.400. The van der Waals surface area contributed by atoms with Gasteiger partial charge < -0.3 is 0 Å². The summed E-state index contributed by atoms with van der Waals surface area (Å²) >= 11 is 0. The topological polar surface area (TPSA) is 0 Å². The molecule has 0 aromatic heterocycles. The van der Waals surface area contributed by atoms with Gasteiger partial charge in [0.2, 0.25) is 0 Å². The largest absolute Gasteiger partial charge is 0.0766 e. The quantitative estimate of drug-likeness (QED) is 0.519. The van der Waals surface area contributed by atoms with Crippen LogP contribution >= 0.6 is 0 Å². The lowest BCUT2D eigenvalue weighted by Gasteiger charge is -2.12. The van der Waals surface area contributed by atoms with E-state index >= 15 is 0 Å². The van der Waals surface area contributed by atoms with Crippen molar-refractivity contribution in [2.24, 2.45) is 0 Å². The lowest BCUT2D eigenvalue weighted by Crippen LogP contribution is -1.94. The minimum atomic E-state index is 0.667. The van der Waals surface area contributed by atoms with Gasteiger partial charge in [-0.15, -0.1) is 0 Å². The Bertz CT molecular complexity index is 555. The third kappa shape index (κ3) is 2.95. The summed E-state index contributed by atoms with van der Waals surface area (Å²) < 4.78 is 0. The van der Waals surface area contributed by atoms with Crippen molar-refractivity contribution in [3.05, 3.63) is 64.8 Å². The minimum Gasteiger partial charge on any atom is -0.0766 e. The molecule has 0 aliphatic heterocycles. The summed E-state index contributed by atoms with van der Waals surface area (Å²) in [6.07, 6.45) is 10.6. The van der Waals surface area contributed by atoms with Crippen LogP contribution in [-0.2, 0) is 0 Å². The highest BCUT2D eigenvalue weighted by Crippen LogP contribution is 2.40. The van der Waals surface area contributed by atoms with E-state index in [1.807, 2.05) is 13.8 Å². The maximum Gasteiger partial charge on any atom is -0.0132 e. The average Bonchev–Trinajstić information content (AvgIpc) is 2.75. The monoisotopic (exact) mass is 266 g/mol. The Kier molecular flexibility index (Phi) is 5.00. The van der Waals surface area contributed by atoms with Crippen LogP contribution in [0.15, 0.2) is 53.6 Å². The van der Waals surface area contributed by atoms with Gasteiger partial charge in [0.25, 0.3) is 0 Å². The summed E-state index contributed by atoms with van der Waals surface area (Å²) in [6, 6.07) is 8.91. The van der Waals surface area contributed by atoms with Crippen molar-refractivity contribution in [3.8, 4) is 0 Å². The summed E-state index contributed by atoms with van der Waals surface area (Å²) in [7, 11) is 0. The smallest absolute Gasteiger partial charge is 0.0132 e. The van der Waals surface area contributed by atoms with Gasteiger partial charge in [0.1, 0.15) is 0 Å². The van der Waals surface area contributed by atoms with Gasteiger partial charge in [-0.25, -0.2) is 0 Å². The molecule has 0 N–H and O–H groups in total. The Hall–Kier alpha value is -1.56. The third-order valence-electron chi connectivity index (χ3n) is 4.18. The second-order valence-corrected chi connectivity index (χ2v) is 5.55. The van der Waals surface area contributed by atoms with Crippen LogP contribution in [-0.4, -0.2) is 0 Å². The van der Waals surface area contributed by atoms with E-state index in [1.165, 1.54) is 35.1 Å². The van der Waals surface area contributed by atoms with Crippen LogP contribution < -0.4 is 0 Å². The maximum atomic E-state index is 2.43. The average molecular weight is 266 g/mol. The molecule has 0 spiro atoms. The van der Waals surface area contributed by atoms with Gasteiger partial charge in [-0.1, -0.05) is 68.8 Å². The third-order valence-corrected chi connectivity index (χ3v) is 4.18. The van der Waals surface area contributed by atoms with E-state index in [1.54, 1.807) is 5.57 Å². The summed E-state index contributed by atoms with van der Waals surface area (Å²) in [5.74, 6) is 0.667. The highest BCUT2D eigenvalue weighted by atomic mass is 14.2. The first kappa shape index (κ1) is 14.8. The zero-order valence-corrected chi connectivity index (χ0v) is 13.2. The molecule has 20 heavy (non-hydrogen) atoms. The van der Waals surface area contributed by atoms with Crippen molar-refractivity contribution in [2.45, 2.75) is 52.9 Å². The lowest BCUT2D eigenvalue weighted by molar-refractivity contribution is 0.690. The van der Waals surface area contributed by atoms with Crippen LogP contribution in [0, 0.1) is 0 Å². The number of rotatable bonds is 0. The predicted molar refractivity (Wildman–Crippen MR) is 89.9 cm³/mol. The fourth-order valence-corrected chi connectivity index (χ4v) is 2.99. The molecule has 0 heteroatoms. The minimum absolute atomic E-state index is 0.667. The van der Waals surface area contributed by atoms with Crippen molar-refractivity contribution in [3.63, 3.8) is 0 Å². The SMILES string of the molecule is CC.CC1=CC=C2C(=CC1)CCC(C)c1ccccc12. The number of hydrogen-bond donors (Lipinski definition) is 0. The molecule has 3 rings (SSSR count). The molecule has 1 atom stereocenters. The first-order valence-electron chi connectivity index (χ1n) is 7.92. The van der Waals surface area contributed by atoms with Gasteiger partial charge in [0, 0.05) is 0 Å². The van der Waals surface area contributed by atoms with Crippen LogP contribution in [0.5, 0.6) is 0 Å². The molecular weight excluding hydrogens is 240 g/mol. The van der Waals surface area contributed by atoms with E-state index in [4.69, 9.17) is 0 Å². The number of fused-ring (bicyclic) bond motifs is 3. The van der Waals surface area contributed by atoms with Crippen LogP contribution in [0.2, 0.25) is 0 Å². The molecule has 0 fully saturated rings. The Morgan fingerprint density at radius 3 is 2.60 bits per heavy atom. The Balaban J connectivity index is 0.000000704. The molecule has 0 nitrogen and oxygen atoms in total. The van der Waals surface area contributed by atoms with Crippen LogP contribution in [0.1, 0.15) is 64.0 Å². The molecule has 1 unspecified atom stereocenters. The molecule has 0 bridgehead atoms. The highest BCUT2D eigenvalue weighted by Gasteiger charge is 2.21. The molecule has 0 saturated heterocycles. The molecule has 0 saturated carbocycles. The van der Waals surface area contributed by atoms with Gasteiger partial charge in [-0.3, -0.25) is 0 Å². The molecule has 106 valence electrons. The van der Waals surface area contributed by atoms with Crippen molar-refractivity contribution in [1.82, 2.24) is 0 Å². The first-order valence-corrected chi connectivity index (χ1v) is 7.92. The highest BCUT2D eigenvalue weighted by molar-refractivity contribution is 5.83. The number of benzene rings is 1. The molecule has 2 aliphatic rings. The molecule has 0 amide bonds. The van der Waals surface area contributed by atoms with Crippen molar-refractivity contribution in [2.75, 3.05) is 0 Å². The second-order valence-electron chi connectivity index (χ2n) is 5.55. The zero-order chi connectivity index (χ0) is 14.5. The Morgan fingerprint density at radius 2 is 1.80 bits per heavy atom. The summed E-state index contributed by atoms with van der Waals surface area (Å²) in [4.78, 5) is 0. The van der Waals surface area contributed by atoms with E-state index in [-0.39, 0.29) is 0 Å². The predicted octanol–water partition coefficient (Wildman–Crippen LogP) is 6.27. The van der Waals surface area contributed by atoms with E-state index in [0.29, 0.717) is 5.92 Å². The van der Waals surface area contributed by atoms with Gasteiger partial charge in [0.15, 0.2) is 0 Å². The van der Waals surface area contributed by atoms with Crippen molar-refractivity contribution in [1.29, 1.82) is 0 Å². The van der Waals surface area contributed by atoms with Crippen molar-refractivity contribution >= 4 is 5.57 Å². The van der Waals surface area contributed by atoms with Gasteiger partial charge >= 0.3 is 0 Å². The van der Waals surface area contributed by atoms with E-state index in [9.17, 15) is 0 Å². The molecule has 1 aromatic rings. The van der Waals surface area contributed by atoms with Crippen LogP contribution in [0.3, 0.4) is 0 Å². The second kappa shape index (κ2) is 6.74. The van der Waals surface area contributed by atoms with Crippen LogP contribution in [0.25, 0.3) is 5.57 Å². The molecule has 2 aliphatic carbocycles. The van der Waals surface area contributed by atoms with E-state index in [2.05, 4.69) is 56.3 Å². The standard InChI is InChI=1S/C18H20.C2H6/c1-13-7-10-15-11-9-14(2)16-5-3-4-6-18(16)17(15)12-8-13;1-2/h3-6,8,10,12,14H,7,9,11H2,1-2H3;1-2H3. The Morgan fingerprint density at radius 1 is 1.05 bits per heavy atom. The summed E-state index contributed by atoms with van der Waals surface area (Å²) in [5.41, 5.74) is 7.40.